The van der Waals surface area contributed by atoms with Crippen LogP contribution in [0.4, 0.5) is 0 Å². The van der Waals surface area contributed by atoms with Gasteiger partial charge in [-0.05, 0) is 49.1 Å². The molecule has 2 heterocycles. The van der Waals surface area contributed by atoms with E-state index < -0.39 is 0 Å². The van der Waals surface area contributed by atoms with E-state index in [-0.39, 0.29) is 17.7 Å². The Morgan fingerprint density at radius 1 is 1.00 bits per heavy atom. The quantitative estimate of drug-likeness (QED) is 0.413. The molecule has 9 nitrogen and oxygen atoms in total. The minimum atomic E-state index is -0.177. The number of likely N-dealkylation sites (tertiary alicyclic amines) is 1. The number of carbonyl (C=O) groups is 2. The van der Waals surface area contributed by atoms with Gasteiger partial charge in [-0.1, -0.05) is 12.1 Å². The van der Waals surface area contributed by atoms with Gasteiger partial charge in [0.05, 0.1) is 39.0 Å². The Hall–Kier alpha value is -3.79. The second-order valence-corrected chi connectivity index (χ2v) is 9.77. The van der Waals surface area contributed by atoms with Crippen LogP contribution >= 0.6 is 11.3 Å². The molecule has 1 saturated heterocycles. The summed E-state index contributed by atoms with van der Waals surface area (Å²) in [6.45, 7) is 1.68. The first kappa shape index (κ1) is 27.3. The minimum Gasteiger partial charge on any atom is -0.497 e. The summed E-state index contributed by atoms with van der Waals surface area (Å²) < 4.78 is 21.5. The largest absolute Gasteiger partial charge is 0.497 e. The molecule has 0 atom stereocenters. The molecule has 2 amide bonds. The number of nitrogens with one attached hydrogen (secondary N) is 1. The molecule has 2 aromatic carbocycles. The first-order valence-electron chi connectivity index (χ1n) is 12.4. The van der Waals surface area contributed by atoms with Crippen molar-refractivity contribution in [2.45, 2.75) is 25.2 Å². The van der Waals surface area contributed by atoms with Gasteiger partial charge in [-0.3, -0.25) is 9.59 Å². The van der Waals surface area contributed by atoms with E-state index in [1.165, 1.54) is 25.6 Å². The molecule has 1 aliphatic rings. The summed E-state index contributed by atoms with van der Waals surface area (Å²) in [4.78, 5) is 32.4. The Kier molecular flexibility index (Phi) is 9.06. The maximum absolute atomic E-state index is 13.3. The van der Waals surface area contributed by atoms with Gasteiger partial charge in [-0.15, -0.1) is 11.3 Å². The van der Waals surface area contributed by atoms with Gasteiger partial charge in [0, 0.05) is 30.9 Å². The molecule has 0 radical (unpaired) electrons. The number of piperidine rings is 1. The normalized spacial score (nSPS) is 13.6. The van der Waals surface area contributed by atoms with Gasteiger partial charge in [-0.25, -0.2) is 4.98 Å². The maximum Gasteiger partial charge on any atom is 0.270 e. The predicted molar refractivity (Wildman–Crippen MR) is 145 cm³/mol. The van der Waals surface area contributed by atoms with Crippen LogP contribution in [0.25, 0.3) is 0 Å². The van der Waals surface area contributed by atoms with Gasteiger partial charge in [0.1, 0.15) is 11.4 Å². The third kappa shape index (κ3) is 6.02. The second kappa shape index (κ2) is 12.6. The van der Waals surface area contributed by atoms with Crippen LogP contribution in [0.3, 0.4) is 0 Å². The van der Waals surface area contributed by atoms with E-state index in [4.69, 9.17) is 18.9 Å². The lowest BCUT2D eigenvalue weighted by atomic mass is 9.97. The summed E-state index contributed by atoms with van der Waals surface area (Å²) in [6, 6.07) is 11.2. The van der Waals surface area contributed by atoms with Crippen LogP contribution in [-0.4, -0.2) is 69.8 Å². The Balaban J connectivity index is 1.32. The van der Waals surface area contributed by atoms with E-state index in [2.05, 4.69) is 10.3 Å². The predicted octanol–water partition coefficient (Wildman–Crippen LogP) is 4.17. The van der Waals surface area contributed by atoms with Crippen LogP contribution in [0.5, 0.6) is 23.0 Å². The summed E-state index contributed by atoms with van der Waals surface area (Å²) in [5, 5.41) is 5.69. The number of hydrogen-bond acceptors (Lipinski definition) is 8. The van der Waals surface area contributed by atoms with Crippen molar-refractivity contribution in [3.8, 4) is 23.0 Å². The Bertz CT molecular complexity index is 1270. The first-order chi connectivity index (χ1) is 18.5. The lowest BCUT2D eigenvalue weighted by Crippen LogP contribution is -2.38. The lowest BCUT2D eigenvalue weighted by molar-refractivity contribution is 0.0708. The van der Waals surface area contributed by atoms with Crippen molar-refractivity contribution in [3.05, 3.63) is 63.6 Å². The summed E-state index contributed by atoms with van der Waals surface area (Å²) >= 11 is 1.50. The van der Waals surface area contributed by atoms with Crippen molar-refractivity contribution in [2.75, 3.05) is 48.1 Å². The summed E-state index contributed by atoms with van der Waals surface area (Å²) in [7, 11) is 6.20. The smallest absolute Gasteiger partial charge is 0.270 e. The zero-order valence-corrected chi connectivity index (χ0v) is 22.9. The second-order valence-electron chi connectivity index (χ2n) is 8.88. The third-order valence-corrected chi connectivity index (χ3v) is 7.66. The van der Waals surface area contributed by atoms with E-state index in [1.807, 2.05) is 34.5 Å². The average Bonchev–Trinajstić information content (AvgIpc) is 3.46. The molecule has 3 aromatic rings. The molecule has 1 aliphatic heterocycles. The van der Waals surface area contributed by atoms with Crippen LogP contribution < -0.4 is 24.3 Å². The highest BCUT2D eigenvalue weighted by atomic mass is 32.1. The van der Waals surface area contributed by atoms with Gasteiger partial charge in [0.2, 0.25) is 5.75 Å². The Morgan fingerprint density at radius 2 is 1.76 bits per heavy atom. The van der Waals surface area contributed by atoms with Gasteiger partial charge < -0.3 is 29.2 Å². The number of benzene rings is 2. The SMILES string of the molecule is COc1cccc(CCNC(=O)c2csc(C3CCN(C(=O)c4ccc(OC)c(OC)c4OC)CC3)n2)c1. The number of hydrogen-bond donors (Lipinski definition) is 1. The van der Waals surface area contributed by atoms with Crippen molar-refractivity contribution >= 4 is 23.2 Å². The molecule has 1 aromatic heterocycles. The van der Waals surface area contributed by atoms with Crippen molar-refractivity contribution in [2.24, 2.45) is 0 Å². The fourth-order valence-electron chi connectivity index (χ4n) is 4.59. The number of carbonyl (C=O) groups excluding carboxylic acids is 2. The number of methoxy groups -OCH3 is 4. The Morgan fingerprint density at radius 3 is 2.45 bits per heavy atom. The standard InChI is InChI=1S/C28H33N3O6S/c1-34-20-7-5-6-18(16-20)10-13-29-26(32)22-17-38-27(30-22)19-11-14-31(15-12-19)28(33)21-8-9-23(35-2)25(37-4)24(21)36-3/h5-9,16-17,19H,10-15H2,1-4H3,(H,29,32). The highest BCUT2D eigenvalue weighted by molar-refractivity contribution is 7.09. The molecular weight excluding hydrogens is 506 g/mol. The minimum absolute atomic E-state index is 0.114. The van der Waals surface area contributed by atoms with Crippen molar-refractivity contribution in [3.63, 3.8) is 0 Å². The fourth-order valence-corrected chi connectivity index (χ4v) is 5.56. The fraction of sp³-hybridized carbons (Fsp3) is 0.393. The summed E-state index contributed by atoms with van der Waals surface area (Å²) in [5.74, 6) is 1.97. The molecule has 38 heavy (non-hydrogen) atoms. The summed E-state index contributed by atoms with van der Waals surface area (Å²) in [6.07, 6.45) is 2.24. The number of amides is 2. The maximum atomic E-state index is 13.3. The monoisotopic (exact) mass is 539 g/mol. The molecule has 202 valence electrons. The van der Waals surface area contributed by atoms with Crippen molar-refractivity contribution in [1.29, 1.82) is 0 Å². The van der Waals surface area contributed by atoms with Crippen molar-refractivity contribution in [1.82, 2.24) is 15.2 Å². The highest BCUT2D eigenvalue weighted by Gasteiger charge is 2.29. The number of nitrogens with zero attached hydrogens (tertiary/aromatic N) is 2. The van der Waals surface area contributed by atoms with E-state index in [0.29, 0.717) is 54.6 Å². The lowest BCUT2D eigenvalue weighted by Gasteiger charge is -2.31. The molecule has 0 unspecified atom stereocenters. The first-order valence-corrected chi connectivity index (χ1v) is 13.3. The highest BCUT2D eigenvalue weighted by Crippen LogP contribution is 2.40. The van der Waals surface area contributed by atoms with Crippen LogP contribution in [-0.2, 0) is 6.42 Å². The van der Waals surface area contributed by atoms with E-state index >= 15 is 0 Å². The van der Waals surface area contributed by atoms with E-state index in [1.54, 1.807) is 26.4 Å². The van der Waals surface area contributed by atoms with Gasteiger partial charge in [0.25, 0.3) is 11.8 Å². The van der Waals surface area contributed by atoms with Gasteiger partial charge in [0.15, 0.2) is 11.5 Å². The summed E-state index contributed by atoms with van der Waals surface area (Å²) in [5.41, 5.74) is 1.96. The molecule has 0 bridgehead atoms. The van der Waals surface area contributed by atoms with Crippen LogP contribution in [0.2, 0.25) is 0 Å². The number of rotatable bonds is 10. The van der Waals surface area contributed by atoms with Gasteiger partial charge >= 0.3 is 0 Å². The number of thiazole rings is 1. The average molecular weight is 540 g/mol. The molecule has 4 rings (SSSR count). The molecule has 1 N–H and O–H groups in total. The van der Waals surface area contributed by atoms with Crippen LogP contribution in [0.1, 0.15) is 50.2 Å². The molecule has 0 spiro atoms. The van der Waals surface area contributed by atoms with Crippen molar-refractivity contribution < 1.29 is 28.5 Å². The molecule has 1 fully saturated rings. The van der Waals surface area contributed by atoms with Gasteiger partial charge in [-0.2, -0.15) is 0 Å². The zero-order chi connectivity index (χ0) is 27.1. The molecular formula is C28H33N3O6S. The number of ether oxygens (including phenoxy) is 4. The van der Waals surface area contributed by atoms with Crippen LogP contribution in [0.15, 0.2) is 41.8 Å². The molecule has 0 saturated carbocycles. The third-order valence-electron chi connectivity index (χ3n) is 6.65. The van der Waals surface area contributed by atoms with Crippen LogP contribution in [0, 0.1) is 0 Å². The van der Waals surface area contributed by atoms with E-state index in [0.717, 1.165) is 29.2 Å². The topological polar surface area (TPSA) is 99.2 Å². The number of aromatic nitrogens is 1. The molecule has 10 heteroatoms. The van der Waals surface area contributed by atoms with E-state index in [9.17, 15) is 9.59 Å². The molecule has 0 aliphatic carbocycles. The zero-order valence-electron chi connectivity index (χ0n) is 22.1. The Labute approximate surface area is 226 Å².